The van der Waals surface area contributed by atoms with E-state index in [0.717, 1.165) is 43.4 Å². The first kappa shape index (κ1) is 15.6. The van der Waals surface area contributed by atoms with Gasteiger partial charge in [-0.25, -0.2) is 8.78 Å². The molecule has 1 aliphatic heterocycles. The molecule has 23 heavy (non-hydrogen) atoms. The zero-order valence-corrected chi connectivity index (χ0v) is 13.0. The maximum absolute atomic E-state index is 13.8. The van der Waals surface area contributed by atoms with Crippen LogP contribution in [0.2, 0.25) is 0 Å². The molecule has 122 valence electrons. The summed E-state index contributed by atoms with van der Waals surface area (Å²) < 4.78 is 29.0. The van der Waals surface area contributed by atoms with Crippen molar-refractivity contribution in [2.45, 2.75) is 39.3 Å². The smallest absolute Gasteiger partial charge is 0.254 e. The number of amides is 1. The van der Waals surface area contributed by atoms with Crippen LogP contribution in [0.3, 0.4) is 0 Å². The number of fused-ring (bicyclic) bond motifs is 1. The Kier molecular flexibility index (Phi) is 4.11. The summed E-state index contributed by atoms with van der Waals surface area (Å²) in [5.74, 6) is -0.464. The normalized spacial score (nSPS) is 14.8. The average molecular weight is 320 g/mol. The fourth-order valence-corrected chi connectivity index (χ4v) is 2.82. The number of carbonyl (C=O) groups excluding carboxylic acids is 1. The van der Waals surface area contributed by atoms with Crippen molar-refractivity contribution in [1.82, 2.24) is 20.1 Å². The van der Waals surface area contributed by atoms with Gasteiger partial charge in [0.25, 0.3) is 5.91 Å². The van der Waals surface area contributed by atoms with Crippen molar-refractivity contribution in [3.05, 3.63) is 47.0 Å². The van der Waals surface area contributed by atoms with E-state index in [1.807, 2.05) is 18.4 Å². The van der Waals surface area contributed by atoms with Crippen LogP contribution in [0.5, 0.6) is 0 Å². The maximum atomic E-state index is 13.8. The van der Waals surface area contributed by atoms with Gasteiger partial charge in [-0.1, -0.05) is 13.8 Å². The molecule has 2 heterocycles. The standard InChI is InChI=1S/C16H18F2N4O/c1-9(2)14(15-21-20-13-4-3-7-22(13)15)19-16(23)11-8-10(17)5-6-12(11)18/h5-6,8-9,14H,3-4,7H2,1-2H3,(H,19,23)/t14-/m0/s1. The Labute approximate surface area is 132 Å². The van der Waals surface area contributed by atoms with Gasteiger partial charge in [-0.3, -0.25) is 4.79 Å². The zero-order chi connectivity index (χ0) is 16.6. The third-order valence-electron chi connectivity index (χ3n) is 4.04. The molecule has 1 N–H and O–H groups in total. The van der Waals surface area contributed by atoms with Crippen LogP contribution >= 0.6 is 0 Å². The summed E-state index contributed by atoms with van der Waals surface area (Å²) in [6, 6.07) is 2.42. The second kappa shape index (κ2) is 6.06. The first-order valence-electron chi connectivity index (χ1n) is 7.65. The average Bonchev–Trinajstić information content (AvgIpc) is 3.10. The molecule has 5 nitrogen and oxygen atoms in total. The molecule has 1 aliphatic rings. The highest BCUT2D eigenvalue weighted by atomic mass is 19.1. The molecule has 1 atom stereocenters. The molecule has 7 heteroatoms. The SMILES string of the molecule is CC(C)[C@H](NC(=O)c1cc(F)ccc1F)c1nnc2n1CCC2. The van der Waals surface area contributed by atoms with Gasteiger partial charge in [0.05, 0.1) is 11.6 Å². The Bertz CT molecular complexity index is 742. The van der Waals surface area contributed by atoms with Gasteiger partial charge in [-0.2, -0.15) is 0 Å². The molecule has 3 rings (SSSR count). The van der Waals surface area contributed by atoms with Crippen LogP contribution in [0.4, 0.5) is 8.78 Å². The second-order valence-corrected chi connectivity index (χ2v) is 6.05. The summed E-state index contributed by atoms with van der Waals surface area (Å²) in [6.07, 6.45) is 1.86. The van der Waals surface area contributed by atoms with Crippen LogP contribution in [0.25, 0.3) is 0 Å². The lowest BCUT2D eigenvalue weighted by molar-refractivity contribution is 0.0917. The van der Waals surface area contributed by atoms with Gasteiger partial charge in [0, 0.05) is 13.0 Å². The van der Waals surface area contributed by atoms with Crippen LogP contribution in [-0.4, -0.2) is 20.7 Å². The van der Waals surface area contributed by atoms with Crippen molar-refractivity contribution in [2.24, 2.45) is 5.92 Å². The second-order valence-electron chi connectivity index (χ2n) is 6.05. The lowest BCUT2D eigenvalue weighted by Gasteiger charge is -2.22. The van der Waals surface area contributed by atoms with Crippen LogP contribution in [-0.2, 0) is 13.0 Å². The molecule has 0 saturated heterocycles. The fraction of sp³-hybridized carbons (Fsp3) is 0.438. The van der Waals surface area contributed by atoms with E-state index < -0.39 is 23.6 Å². The number of benzene rings is 1. The first-order chi connectivity index (χ1) is 11.0. The molecule has 0 aliphatic carbocycles. The van der Waals surface area contributed by atoms with E-state index in [4.69, 9.17) is 0 Å². The number of nitrogens with one attached hydrogen (secondary N) is 1. The number of aromatic nitrogens is 3. The number of rotatable bonds is 4. The number of nitrogens with zero attached hydrogens (tertiary/aromatic N) is 3. The minimum absolute atomic E-state index is 0.0319. The lowest BCUT2D eigenvalue weighted by Crippen LogP contribution is -2.34. The van der Waals surface area contributed by atoms with Crippen molar-refractivity contribution >= 4 is 5.91 Å². The Morgan fingerprint density at radius 3 is 2.83 bits per heavy atom. The Morgan fingerprint density at radius 1 is 1.30 bits per heavy atom. The van der Waals surface area contributed by atoms with Crippen molar-refractivity contribution in [1.29, 1.82) is 0 Å². The zero-order valence-electron chi connectivity index (χ0n) is 13.0. The van der Waals surface area contributed by atoms with E-state index in [0.29, 0.717) is 5.82 Å². The van der Waals surface area contributed by atoms with Crippen molar-refractivity contribution in [3.63, 3.8) is 0 Å². The molecule has 1 aromatic carbocycles. The van der Waals surface area contributed by atoms with Gasteiger partial charge in [-0.05, 0) is 30.5 Å². The number of halogens is 2. The third kappa shape index (κ3) is 2.95. The molecule has 0 fully saturated rings. The molecule has 0 bridgehead atoms. The maximum Gasteiger partial charge on any atom is 0.254 e. The molecular formula is C16H18F2N4O. The van der Waals surface area contributed by atoms with E-state index >= 15 is 0 Å². The Morgan fingerprint density at radius 2 is 2.09 bits per heavy atom. The largest absolute Gasteiger partial charge is 0.342 e. The van der Waals surface area contributed by atoms with E-state index in [2.05, 4.69) is 15.5 Å². The van der Waals surface area contributed by atoms with Crippen LogP contribution in [0, 0.1) is 17.6 Å². The quantitative estimate of drug-likeness (QED) is 0.942. The first-order valence-corrected chi connectivity index (χ1v) is 7.65. The van der Waals surface area contributed by atoms with E-state index in [1.165, 1.54) is 0 Å². The predicted octanol–water partition coefficient (Wildman–Crippen LogP) is 2.63. The minimum Gasteiger partial charge on any atom is -0.342 e. The predicted molar refractivity (Wildman–Crippen MR) is 79.7 cm³/mol. The van der Waals surface area contributed by atoms with E-state index in [1.54, 1.807) is 0 Å². The molecule has 0 saturated carbocycles. The van der Waals surface area contributed by atoms with Gasteiger partial charge >= 0.3 is 0 Å². The van der Waals surface area contributed by atoms with Crippen LogP contribution in [0.1, 0.15) is 48.3 Å². The fourth-order valence-electron chi connectivity index (χ4n) is 2.82. The molecule has 0 radical (unpaired) electrons. The van der Waals surface area contributed by atoms with Gasteiger partial charge in [0.1, 0.15) is 17.5 Å². The van der Waals surface area contributed by atoms with Crippen molar-refractivity contribution < 1.29 is 13.6 Å². The summed E-state index contributed by atoms with van der Waals surface area (Å²) >= 11 is 0. The highest BCUT2D eigenvalue weighted by molar-refractivity contribution is 5.94. The molecule has 1 amide bonds. The van der Waals surface area contributed by atoms with Gasteiger partial charge < -0.3 is 9.88 Å². The highest BCUT2D eigenvalue weighted by Crippen LogP contribution is 2.25. The molecule has 0 spiro atoms. The third-order valence-corrected chi connectivity index (χ3v) is 4.04. The highest BCUT2D eigenvalue weighted by Gasteiger charge is 2.28. The van der Waals surface area contributed by atoms with E-state index in [9.17, 15) is 13.6 Å². The summed E-state index contributed by atoms with van der Waals surface area (Å²) in [6.45, 7) is 4.68. The number of hydrogen-bond acceptors (Lipinski definition) is 3. The minimum atomic E-state index is -0.752. The summed E-state index contributed by atoms with van der Waals surface area (Å²) in [5.41, 5.74) is -0.309. The van der Waals surface area contributed by atoms with Crippen molar-refractivity contribution in [3.8, 4) is 0 Å². The van der Waals surface area contributed by atoms with E-state index in [-0.39, 0.29) is 11.5 Å². The molecule has 0 unspecified atom stereocenters. The summed E-state index contributed by atoms with van der Waals surface area (Å²) in [7, 11) is 0. The number of aryl methyl sites for hydroxylation is 1. The Hall–Kier alpha value is -2.31. The summed E-state index contributed by atoms with van der Waals surface area (Å²) in [5, 5.41) is 11.1. The molecule has 1 aromatic heterocycles. The number of hydrogen-bond donors (Lipinski definition) is 1. The number of carbonyl (C=O) groups is 1. The Balaban J connectivity index is 1.88. The molecule has 2 aromatic rings. The monoisotopic (exact) mass is 320 g/mol. The van der Waals surface area contributed by atoms with Gasteiger partial charge in [-0.15, -0.1) is 10.2 Å². The topological polar surface area (TPSA) is 59.8 Å². The summed E-state index contributed by atoms with van der Waals surface area (Å²) in [4.78, 5) is 12.4. The van der Waals surface area contributed by atoms with Crippen molar-refractivity contribution in [2.75, 3.05) is 0 Å². The van der Waals surface area contributed by atoms with Crippen LogP contribution < -0.4 is 5.32 Å². The molecular weight excluding hydrogens is 302 g/mol. The lowest BCUT2D eigenvalue weighted by atomic mass is 10.0. The van der Waals surface area contributed by atoms with Gasteiger partial charge in [0.15, 0.2) is 5.82 Å². The van der Waals surface area contributed by atoms with Gasteiger partial charge in [0.2, 0.25) is 0 Å². The van der Waals surface area contributed by atoms with Crippen LogP contribution in [0.15, 0.2) is 18.2 Å².